The van der Waals surface area contributed by atoms with E-state index < -0.39 is 0 Å². The van der Waals surface area contributed by atoms with E-state index in [2.05, 4.69) is 17.4 Å². The number of aliphatic hydroxyl groups excluding tert-OH is 1. The van der Waals surface area contributed by atoms with Gasteiger partial charge in [-0.25, -0.2) is 0 Å². The van der Waals surface area contributed by atoms with E-state index in [9.17, 15) is 0 Å². The third-order valence-corrected chi connectivity index (χ3v) is 3.80. The minimum absolute atomic E-state index is 0.0478. The maximum Gasteiger partial charge on any atom is 0.177 e. The molecule has 2 aromatic carbocycles. The number of nitrogens with one attached hydrogen (secondary N) is 1. The van der Waals surface area contributed by atoms with Gasteiger partial charge in [0.05, 0.1) is 25.9 Å². The van der Waals surface area contributed by atoms with Crippen molar-refractivity contribution in [3.8, 4) is 0 Å². The second-order valence-corrected chi connectivity index (χ2v) is 5.37. The number of aliphatic hydroxyl groups is 1. The summed E-state index contributed by atoms with van der Waals surface area (Å²) in [5.74, 6) is 0. The summed E-state index contributed by atoms with van der Waals surface area (Å²) in [6.07, 6.45) is -0.298. The third-order valence-electron chi connectivity index (χ3n) is 3.80. The van der Waals surface area contributed by atoms with Crippen LogP contribution in [0.1, 0.15) is 22.7 Å². The topological polar surface area (TPSA) is 50.7 Å². The number of ether oxygens (including phenoxy) is 2. The van der Waals surface area contributed by atoms with Crippen molar-refractivity contribution in [1.29, 1.82) is 0 Å². The number of rotatable bonds is 5. The SMILES string of the molecule is OCc1ccc(CO[C@H]2OCCN[C@H]2c2ccccc2)cc1. The van der Waals surface area contributed by atoms with E-state index in [4.69, 9.17) is 14.6 Å². The van der Waals surface area contributed by atoms with Gasteiger partial charge in [-0.05, 0) is 16.7 Å². The molecule has 0 amide bonds. The van der Waals surface area contributed by atoms with E-state index in [1.165, 1.54) is 5.56 Å². The zero-order valence-corrected chi connectivity index (χ0v) is 12.4. The highest BCUT2D eigenvalue weighted by molar-refractivity contribution is 5.22. The quantitative estimate of drug-likeness (QED) is 0.890. The summed E-state index contributed by atoms with van der Waals surface area (Å²) in [5.41, 5.74) is 3.14. The standard InChI is InChI=1S/C18H21NO3/c20-12-14-6-8-15(9-7-14)13-22-18-17(19-10-11-21-18)16-4-2-1-3-5-16/h1-9,17-20H,10-13H2/t17-,18+/m0/s1. The normalized spacial score (nSPS) is 21.7. The molecule has 0 unspecified atom stereocenters. The van der Waals surface area contributed by atoms with Gasteiger partial charge < -0.3 is 19.9 Å². The Kier molecular flexibility index (Phi) is 5.19. The lowest BCUT2D eigenvalue weighted by atomic mass is 10.1. The lowest BCUT2D eigenvalue weighted by Gasteiger charge is -2.33. The molecule has 116 valence electrons. The summed E-state index contributed by atoms with van der Waals surface area (Å²) in [6, 6.07) is 18.0. The summed E-state index contributed by atoms with van der Waals surface area (Å²) >= 11 is 0. The lowest BCUT2D eigenvalue weighted by Crippen LogP contribution is -2.43. The third kappa shape index (κ3) is 3.72. The molecule has 0 spiro atoms. The highest BCUT2D eigenvalue weighted by Gasteiger charge is 2.27. The van der Waals surface area contributed by atoms with Crippen LogP contribution in [0.3, 0.4) is 0 Å². The molecule has 4 nitrogen and oxygen atoms in total. The summed E-state index contributed by atoms with van der Waals surface area (Å²) in [4.78, 5) is 0. The maximum absolute atomic E-state index is 9.06. The molecule has 2 atom stereocenters. The molecule has 0 bridgehead atoms. The molecule has 1 aliphatic heterocycles. The second-order valence-electron chi connectivity index (χ2n) is 5.37. The predicted molar refractivity (Wildman–Crippen MR) is 84.1 cm³/mol. The molecule has 1 fully saturated rings. The van der Waals surface area contributed by atoms with Crippen LogP contribution in [-0.4, -0.2) is 24.5 Å². The van der Waals surface area contributed by atoms with Gasteiger partial charge in [0.25, 0.3) is 0 Å². The van der Waals surface area contributed by atoms with E-state index in [-0.39, 0.29) is 18.9 Å². The average molecular weight is 299 g/mol. The summed E-state index contributed by atoms with van der Waals surface area (Å²) in [6.45, 7) is 2.02. The van der Waals surface area contributed by atoms with Gasteiger partial charge in [0.1, 0.15) is 0 Å². The number of morpholine rings is 1. The van der Waals surface area contributed by atoms with Crippen LogP contribution in [0.2, 0.25) is 0 Å². The number of hydrogen-bond acceptors (Lipinski definition) is 4. The molecular weight excluding hydrogens is 278 g/mol. The fourth-order valence-electron chi connectivity index (χ4n) is 2.58. The van der Waals surface area contributed by atoms with Crippen LogP contribution in [0.15, 0.2) is 54.6 Å². The van der Waals surface area contributed by atoms with Gasteiger partial charge >= 0.3 is 0 Å². The molecule has 22 heavy (non-hydrogen) atoms. The summed E-state index contributed by atoms with van der Waals surface area (Å²) in [5, 5.41) is 12.5. The van der Waals surface area contributed by atoms with Crippen molar-refractivity contribution >= 4 is 0 Å². The average Bonchev–Trinajstić information content (AvgIpc) is 2.61. The molecule has 2 N–H and O–H groups in total. The summed E-state index contributed by atoms with van der Waals surface area (Å²) in [7, 11) is 0. The molecule has 1 saturated heterocycles. The first-order valence-corrected chi connectivity index (χ1v) is 7.57. The van der Waals surface area contributed by atoms with Crippen LogP contribution in [0.4, 0.5) is 0 Å². The Morgan fingerprint density at radius 3 is 2.50 bits per heavy atom. The predicted octanol–water partition coefficient (Wildman–Crippen LogP) is 2.38. The van der Waals surface area contributed by atoms with Crippen LogP contribution < -0.4 is 5.32 Å². The molecule has 1 heterocycles. The van der Waals surface area contributed by atoms with E-state index in [0.29, 0.717) is 13.2 Å². The minimum atomic E-state index is -0.298. The van der Waals surface area contributed by atoms with Crippen LogP contribution in [0, 0.1) is 0 Å². The van der Waals surface area contributed by atoms with E-state index in [0.717, 1.165) is 17.7 Å². The van der Waals surface area contributed by atoms with Gasteiger partial charge in [-0.15, -0.1) is 0 Å². The second kappa shape index (κ2) is 7.51. The first-order valence-electron chi connectivity index (χ1n) is 7.57. The van der Waals surface area contributed by atoms with Gasteiger partial charge in [-0.3, -0.25) is 0 Å². The van der Waals surface area contributed by atoms with Crippen molar-refractivity contribution in [3.63, 3.8) is 0 Å². The van der Waals surface area contributed by atoms with Gasteiger partial charge in [-0.1, -0.05) is 54.6 Å². The van der Waals surface area contributed by atoms with Crippen molar-refractivity contribution in [2.75, 3.05) is 13.2 Å². The molecule has 0 saturated carbocycles. The van der Waals surface area contributed by atoms with Gasteiger partial charge in [0.2, 0.25) is 0 Å². The zero-order chi connectivity index (χ0) is 15.2. The maximum atomic E-state index is 9.06. The van der Waals surface area contributed by atoms with Crippen molar-refractivity contribution in [2.24, 2.45) is 0 Å². The van der Waals surface area contributed by atoms with Crippen LogP contribution in [0.25, 0.3) is 0 Å². The Bertz CT molecular complexity index is 571. The molecule has 2 aromatic rings. The highest BCUT2D eigenvalue weighted by atomic mass is 16.7. The largest absolute Gasteiger partial charge is 0.392 e. The Morgan fingerprint density at radius 2 is 1.77 bits per heavy atom. The van der Waals surface area contributed by atoms with Crippen LogP contribution in [0.5, 0.6) is 0 Å². The molecule has 1 aliphatic rings. The monoisotopic (exact) mass is 299 g/mol. The van der Waals surface area contributed by atoms with Crippen molar-refractivity contribution in [2.45, 2.75) is 25.5 Å². The Hall–Kier alpha value is -1.72. The van der Waals surface area contributed by atoms with Gasteiger partial charge in [0, 0.05) is 6.54 Å². The minimum Gasteiger partial charge on any atom is -0.392 e. The van der Waals surface area contributed by atoms with Gasteiger partial charge in [0.15, 0.2) is 6.29 Å². The molecule has 3 rings (SSSR count). The lowest BCUT2D eigenvalue weighted by molar-refractivity contribution is -0.183. The van der Waals surface area contributed by atoms with E-state index in [1.807, 2.05) is 42.5 Å². The summed E-state index contributed by atoms with van der Waals surface area (Å²) < 4.78 is 11.7. The van der Waals surface area contributed by atoms with Crippen molar-refractivity contribution < 1.29 is 14.6 Å². The smallest absolute Gasteiger partial charge is 0.177 e. The Labute approximate surface area is 130 Å². The highest BCUT2D eigenvalue weighted by Crippen LogP contribution is 2.23. The van der Waals surface area contributed by atoms with E-state index in [1.54, 1.807) is 0 Å². The number of hydrogen-bond donors (Lipinski definition) is 2. The van der Waals surface area contributed by atoms with Crippen LogP contribution in [-0.2, 0) is 22.7 Å². The molecular formula is C18H21NO3. The molecule has 0 radical (unpaired) electrons. The van der Waals surface area contributed by atoms with Gasteiger partial charge in [-0.2, -0.15) is 0 Å². The first kappa shape index (κ1) is 15.2. The zero-order valence-electron chi connectivity index (χ0n) is 12.4. The fraction of sp³-hybridized carbons (Fsp3) is 0.333. The van der Waals surface area contributed by atoms with Crippen molar-refractivity contribution in [3.05, 3.63) is 71.3 Å². The molecule has 4 heteroatoms. The Morgan fingerprint density at radius 1 is 1.05 bits per heavy atom. The van der Waals surface area contributed by atoms with E-state index >= 15 is 0 Å². The van der Waals surface area contributed by atoms with Crippen LogP contribution >= 0.6 is 0 Å². The molecule has 0 aromatic heterocycles. The number of benzene rings is 2. The Balaban J connectivity index is 1.64. The first-order chi connectivity index (χ1) is 10.9. The molecule has 0 aliphatic carbocycles. The fourth-order valence-corrected chi connectivity index (χ4v) is 2.58. The van der Waals surface area contributed by atoms with Crippen molar-refractivity contribution in [1.82, 2.24) is 5.32 Å².